The quantitative estimate of drug-likeness (QED) is 0.641. The molecular formula is C20H24. The van der Waals surface area contributed by atoms with Gasteiger partial charge in [-0.15, -0.1) is 0 Å². The average Bonchev–Trinajstić information content (AvgIpc) is 2.40. The van der Waals surface area contributed by atoms with Crippen molar-refractivity contribution in [2.45, 2.75) is 53.4 Å². The Balaban J connectivity index is 2.08. The zero-order valence-electron chi connectivity index (χ0n) is 13.1. The highest BCUT2D eigenvalue weighted by Crippen LogP contribution is 2.25. The number of rotatable bonds is 0. The topological polar surface area (TPSA) is 0 Å². The highest BCUT2D eigenvalue weighted by Gasteiger charge is 2.11. The van der Waals surface area contributed by atoms with Crippen LogP contribution in [0.3, 0.4) is 0 Å². The van der Waals surface area contributed by atoms with Crippen LogP contribution in [0.15, 0.2) is 24.3 Å². The van der Waals surface area contributed by atoms with Gasteiger partial charge in [0.2, 0.25) is 0 Å². The molecule has 0 saturated heterocycles. The van der Waals surface area contributed by atoms with E-state index in [1.54, 1.807) is 0 Å². The van der Waals surface area contributed by atoms with Gasteiger partial charge in [0.25, 0.3) is 0 Å². The smallest absolute Gasteiger partial charge is 0.0235 e. The molecule has 0 aromatic heterocycles. The molecule has 4 bridgehead atoms. The zero-order valence-corrected chi connectivity index (χ0v) is 13.1. The van der Waals surface area contributed by atoms with Crippen LogP contribution in [-0.2, 0) is 25.7 Å². The molecule has 0 heterocycles. The van der Waals surface area contributed by atoms with E-state index >= 15 is 0 Å². The molecule has 0 amide bonds. The molecule has 3 rings (SSSR count). The maximum Gasteiger partial charge on any atom is -0.0235 e. The molecule has 0 atom stereocenters. The second kappa shape index (κ2) is 5.09. The molecule has 0 spiro atoms. The number of fused-ring (bicyclic) bond motifs is 4. The van der Waals surface area contributed by atoms with Gasteiger partial charge in [-0.1, -0.05) is 24.3 Å². The van der Waals surface area contributed by atoms with E-state index in [2.05, 4.69) is 52.0 Å². The molecule has 20 heavy (non-hydrogen) atoms. The van der Waals surface area contributed by atoms with E-state index in [1.807, 2.05) is 0 Å². The fourth-order valence-corrected chi connectivity index (χ4v) is 3.51. The molecule has 0 fully saturated rings. The Labute approximate surface area is 122 Å². The molecule has 0 nitrogen and oxygen atoms in total. The lowest BCUT2D eigenvalue weighted by molar-refractivity contribution is 0.878. The van der Waals surface area contributed by atoms with Gasteiger partial charge >= 0.3 is 0 Å². The molecule has 0 radical (unpaired) electrons. The number of hydrogen-bond donors (Lipinski definition) is 0. The van der Waals surface area contributed by atoms with Crippen LogP contribution in [-0.4, -0.2) is 0 Å². The molecule has 2 aromatic rings. The third-order valence-corrected chi connectivity index (χ3v) is 4.92. The van der Waals surface area contributed by atoms with Gasteiger partial charge in [-0.3, -0.25) is 0 Å². The second-order valence-electron chi connectivity index (χ2n) is 6.41. The van der Waals surface area contributed by atoms with Crippen LogP contribution in [0.2, 0.25) is 0 Å². The third-order valence-electron chi connectivity index (χ3n) is 4.92. The van der Waals surface area contributed by atoms with Crippen molar-refractivity contribution < 1.29 is 0 Å². The van der Waals surface area contributed by atoms with Crippen LogP contribution in [0.25, 0.3) is 0 Å². The Hall–Kier alpha value is -1.56. The molecule has 0 saturated carbocycles. The van der Waals surface area contributed by atoms with Crippen molar-refractivity contribution in [1.29, 1.82) is 0 Å². The van der Waals surface area contributed by atoms with Gasteiger partial charge in [0.1, 0.15) is 0 Å². The average molecular weight is 264 g/mol. The molecular weight excluding hydrogens is 240 g/mol. The lowest BCUT2D eigenvalue weighted by Crippen LogP contribution is -2.05. The predicted octanol–water partition coefficient (Wildman–Crippen LogP) is 4.80. The maximum atomic E-state index is 2.46. The fraction of sp³-hybridized carbons (Fsp3) is 0.400. The Morgan fingerprint density at radius 1 is 0.450 bits per heavy atom. The van der Waals surface area contributed by atoms with E-state index in [0.29, 0.717) is 0 Å². The van der Waals surface area contributed by atoms with Crippen LogP contribution < -0.4 is 0 Å². The van der Waals surface area contributed by atoms with Crippen LogP contribution in [0.1, 0.15) is 44.5 Å². The van der Waals surface area contributed by atoms with E-state index in [-0.39, 0.29) is 0 Å². The van der Waals surface area contributed by atoms with Gasteiger partial charge in [-0.05, 0) is 97.9 Å². The molecule has 0 heteroatoms. The van der Waals surface area contributed by atoms with E-state index in [9.17, 15) is 0 Å². The minimum atomic E-state index is 1.17. The Morgan fingerprint density at radius 3 is 0.950 bits per heavy atom. The van der Waals surface area contributed by atoms with Gasteiger partial charge in [0, 0.05) is 0 Å². The fourth-order valence-electron chi connectivity index (χ4n) is 3.51. The van der Waals surface area contributed by atoms with Gasteiger partial charge in [0.15, 0.2) is 0 Å². The summed E-state index contributed by atoms with van der Waals surface area (Å²) in [4.78, 5) is 0. The molecule has 104 valence electrons. The Morgan fingerprint density at radius 2 is 0.700 bits per heavy atom. The number of aryl methyl sites for hydroxylation is 8. The van der Waals surface area contributed by atoms with Crippen LogP contribution in [0.5, 0.6) is 0 Å². The lowest BCUT2D eigenvalue weighted by atomic mass is 9.87. The monoisotopic (exact) mass is 264 g/mol. The number of hydrogen-bond acceptors (Lipinski definition) is 0. The highest BCUT2D eigenvalue weighted by atomic mass is 14.2. The summed E-state index contributed by atoms with van der Waals surface area (Å²) in [6, 6.07) is 9.67. The largest absolute Gasteiger partial charge is 0.0558 e. The van der Waals surface area contributed by atoms with E-state index in [0.717, 1.165) is 0 Å². The standard InChI is InChI=1S/C20H24/c1-13-9-14(2)18-7-8-20-12-19(6-5-17(13)11-18)15(3)10-16(20)4/h9-12H,5-8H2,1-4H3. The second-order valence-corrected chi connectivity index (χ2v) is 6.41. The lowest BCUT2D eigenvalue weighted by Gasteiger charge is -2.18. The van der Waals surface area contributed by atoms with Crippen molar-refractivity contribution in [3.63, 3.8) is 0 Å². The number of benzene rings is 2. The van der Waals surface area contributed by atoms with Crippen molar-refractivity contribution in [3.05, 3.63) is 68.8 Å². The zero-order chi connectivity index (χ0) is 14.3. The summed E-state index contributed by atoms with van der Waals surface area (Å²) in [5.74, 6) is 0. The summed E-state index contributed by atoms with van der Waals surface area (Å²) >= 11 is 0. The van der Waals surface area contributed by atoms with Crippen molar-refractivity contribution in [1.82, 2.24) is 0 Å². The van der Waals surface area contributed by atoms with E-state index in [1.165, 1.54) is 70.2 Å². The van der Waals surface area contributed by atoms with Crippen molar-refractivity contribution in [3.8, 4) is 0 Å². The van der Waals surface area contributed by atoms with Gasteiger partial charge in [-0.25, -0.2) is 0 Å². The molecule has 1 aliphatic carbocycles. The van der Waals surface area contributed by atoms with Crippen molar-refractivity contribution in [2.75, 3.05) is 0 Å². The first kappa shape index (κ1) is 13.4. The highest BCUT2D eigenvalue weighted by molar-refractivity contribution is 5.42. The van der Waals surface area contributed by atoms with E-state index < -0.39 is 0 Å². The third kappa shape index (κ3) is 2.40. The van der Waals surface area contributed by atoms with Crippen molar-refractivity contribution in [2.24, 2.45) is 0 Å². The normalized spacial score (nSPS) is 14.2. The molecule has 0 aliphatic heterocycles. The van der Waals surface area contributed by atoms with E-state index in [4.69, 9.17) is 0 Å². The summed E-state index contributed by atoms with van der Waals surface area (Å²) in [7, 11) is 0. The maximum absolute atomic E-state index is 2.46. The van der Waals surface area contributed by atoms with Crippen LogP contribution in [0.4, 0.5) is 0 Å². The first-order valence-electron chi connectivity index (χ1n) is 7.72. The minimum Gasteiger partial charge on any atom is -0.0558 e. The summed E-state index contributed by atoms with van der Waals surface area (Å²) in [5, 5.41) is 0. The van der Waals surface area contributed by atoms with Crippen LogP contribution >= 0.6 is 0 Å². The SMILES string of the molecule is Cc1cc(C)c2cc1CCc1cc(c(C)cc1C)CC2. The summed E-state index contributed by atoms with van der Waals surface area (Å²) < 4.78 is 0. The van der Waals surface area contributed by atoms with Crippen LogP contribution in [0, 0.1) is 27.7 Å². The van der Waals surface area contributed by atoms with Crippen molar-refractivity contribution >= 4 is 0 Å². The van der Waals surface area contributed by atoms with Gasteiger partial charge < -0.3 is 0 Å². The Kier molecular flexibility index (Phi) is 3.41. The first-order chi connectivity index (χ1) is 9.54. The predicted molar refractivity (Wildman–Crippen MR) is 86.6 cm³/mol. The molecule has 0 N–H and O–H groups in total. The molecule has 2 aromatic carbocycles. The molecule has 1 aliphatic rings. The van der Waals surface area contributed by atoms with Gasteiger partial charge in [-0.2, -0.15) is 0 Å². The summed E-state index contributed by atoms with van der Waals surface area (Å²) in [6.07, 6.45) is 4.68. The minimum absolute atomic E-state index is 1.17. The Bertz CT molecular complexity index is 552. The first-order valence-corrected chi connectivity index (χ1v) is 7.72. The summed E-state index contributed by atoms with van der Waals surface area (Å²) in [6.45, 7) is 9.02. The van der Waals surface area contributed by atoms with Gasteiger partial charge in [0.05, 0.1) is 0 Å². The molecule has 0 unspecified atom stereocenters. The summed E-state index contributed by atoms with van der Waals surface area (Å²) in [5.41, 5.74) is 12.0.